The van der Waals surface area contributed by atoms with Crippen LogP contribution in [-0.4, -0.2) is 20.7 Å². The molecule has 1 amide bonds. The number of carbonyl (C=O) groups is 1. The van der Waals surface area contributed by atoms with Crippen LogP contribution in [0.2, 0.25) is 0 Å². The number of pyridine rings is 1. The van der Waals surface area contributed by atoms with Crippen LogP contribution in [0.3, 0.4) is 0 Å². The number of nitrogens with one attached hydrogen (secondary N) is 1. The van der Waals surface area contributed by atoms with Crippen LogP contribution in [0.1, 0.15) is 23.0 Å². The van der Waals surface area contributed by atoms with Gasteiger partial charge in [-0.15, -0.1) is 0 Å². The van der Waals surface area contributed by atoms with Crippen molar-refractivity contribution in [3.8, 4) is 0 Å². The SMILES string of the molecule is CCn1nc(C(=O)Nc2ncccc2C)ccc1=O. The van der Waals surface area contributed by atoms with Gasteiger partial charge in [0.2, 0.25) is 0 Å². The number of amides is 1. The number of anilines is 1. The Morgan fingerprint density at radius 2 is 2.16 bits per heavy atom. The standard InChI is InChI=1S/C13H14N4O2/c1-3-17-11(18)7-6-10(16-17)13(19)15-12-9(2)5-4-8-14-12/h4-8H,3H2,1-2H3,(H,14,15,19). The van der Waals surface area contributed by atoms with Crippen molar-refractivity contribution in [2.24, 2.45) is 0 Å². The molecule has 0 saturated heterocycles. The fourth-order valence-electron chi connectivity index (χ4n) is 1.58. The van der Waals surface area contributed by atoms with Crippen molar-refractivity contribution in [2.75, 3.05) is 5.32 Å². The molecule has 2 aromatic heterocycles. The van der Waals surface area contributed by atoms with Gasteiger partial charge in [-0.3, -0.25) is 9.59 Å². The number of nitrogens with zero attached hydrogens (tertiary/aromatic N) is 3. The third kappa shape index (κ3) is 2.85. The van der Waals surface area contributed by atoms with Gasteiger partial charge in [0.25, 0.3) is 11.5 Å². The van der Waals surface area contributed by atoms with Crippen LogP contribution in [0.25, 0.3) is 0 Å². The molecule has 98 valence electrons. The van der Waals surface area contributed by atoms with E-state index in [4.69, 9.17) is 0 Å². The predicted octanol–water partition coefficient (Wildman–Crippen LogP) is 1.22. The Balaban J connectivity index is 2.26. The Hall–Kier alpha value is -2.50. The first-order chi connectivity index (χ1) is 9.11. The molecule has 6 heteroatoms. The summed E-state index contributed by atoms with van der Waals surface area (Å²) in [6.45, 7) is 4.06. The van der Waals surface area contributed by atoms with Crippen molar-refractivity contribution in [1.82, 2.24) is 14.8 Å². The van der Waals surface area contributed by atoms with Crippen molar-refractivity contribution in [2.45, 2.75) is 20.4 Å². The van der Waals surface area contributed by atoms with Gasteiger partial charge in [-0.1, -0.05) is 6.07 Å². The Kier molecular flexibility index (Phi) is 3.70. The quantitative estimate of drug-likeness (QED) is 0.898. The second kappa shape index (κ2) is 5.43. The van der Waals surface area contributed by atoms with Gasteiger partial charge < -0.3 is 5.32 Å². The second-order valence-corrected chi connectivity index (χ2v) is 4.00. The summed E-state index contributed by atoms with van der Waals surface area (Å²) in [5, 5.41) is 6.65. The summed E-state index contributed by atoms with van der Waals surface area (Å²) in [5.41, 5.74) is 0.819. The van der Waals surface area contributed by atoms with Crippen LogP contribution in [-0.2, 0) is 6.54 Å². The van der Waals surface area contributed by atoms with Gasteiger partial charge in [-0.25, -0.2) is 9.67 Å². The number of rotatable bonds is 3. The summed E-state index contributed by atoms with van der Waals surface area (Å²) in [6, 6.07) is 6.38. The zero-order valence-corrected chi connectivity index (χ0v) is 10.8. The summed E-state index contributed by atoms with van der Waals surface area (Å²) < 4.78 is 1.24. The first kappa shape index (κ1) is 12.9. The Morgan fingerprint density at radius 1 is 1.37 bits per heavy atom. The summed E-state index contributed by atoms with van der Waals surface area (Å²) in [4.78, 5) is 27.5. The maximum Gasteiger partial charge on any atom is 0.277 e. The molecule has 0 unspecified atom stereocenters. The summed E-state index contributed by atoms with van der Waals surface area (Å²) >= 11 is 0. The highest BCUT2D eigenvalue weighted by Crippen LogP contribution is 2.10. The lowest BCUT2D eigenvalue weighted by Crippen LogP contribution is -2.25. The van der Waals surface area contributed by atoms with E-state index in [1.165, 1.54) is 16.8 Å². The zero-order valence-electron chi connectivity index (χ0n) is 10.8. The lowest BCUT2D eigenvalue weighted by atomic mass is 10.3. The Morgan fingerprint density at radius 3 is 2.84 bits per heavy atom. The number of hydrogen-bond acceptors (Lipinski definition) is 4. The fourth-order valence-corrected chi connectivity index (χ4v) is 1.58. The maximum atomic E-state index is 12.0. The average molecular weight is 258 g/mol. The number of aryl methyl sites for hydroxylation is 2. The molecule has 0 spiro atoms. The van der Waals surface area contributed by atoms with E-state index in [9.17, 15) is 9.59 Å². The van der Waals surface area contributed by atoms with E-state index in [0.29, 0.717) is 12.4 Å². The molecule has 0 atom stereocenters. The molecule has 0 aliphatic rings. The highest BCUT2D eigenvalue weighted by molar-refractivity contribution is 6.02. The summed E-state index contributed by atoms with van der Waals surface area (Å²) in [6.07, 6.45) is 1.60. The molecule has 0 bridgehead atoms. The molecule has 0 aromatic carbocycles. The van der Waals surface area contributed by atoms with E-state index in [-0.39, 0.29) is 17.2 Å². The van der Waals surface area contributed by atoms with E-state index >= 15 is 0 Å². The van der Waals surface area contributed by atoms with Gasteiger partial charge in [0, 0.05) is 18.8 Å². The molecule has 2 aromatic rings. The van der Waals surface area contributed by atoms with Gasteiger partial charge in [0.05, 0.1) is 0 Å². The molecular weight excluding hydrogens is 244 g/mol. The van der Waals surface area contributed by atoms with Crippen molar-refractivity contribution in [3.05, 3.63) is 52.1 Å². The topological polar surface area (TPSA) is 76.9 Å². The minimum atomic E-state index is -0.385. The third-order valence-corrected chi connectivity index (χ3v) is 2.64. The average Bonchev–Trinajstić information content (AvgIpc) is 2.42. The molecule has 0 saturated carbocycles. The van der Waals surface area contributed by atoms with Crippen molar-refractivity contribution in [1.29, 1.82) is 0 Å². The van der Waals surface area contributed by atoms with E-state index in [0.717, 1.165) is 5.56 Å². The molecule has 0 aliphatic heterocycles. The molecule has 6 nitrogen and oxygen atoms in total. The monoisotopic (exact) mass is 258 g/mol. The first-order valence-corrected chi connectivity index (χ1v) is 5.93. The van der Waals surface area contributed by atoms with E-state index in [2.05, 4.69) is 15.4 Å². The molecule has 0 radical (unpaired) electrons. The number of carbonyl (C=O) groups excluding carboxylic acids is 1. The molecule has 2 rings (SSSR count). The highest BCUT2D eigenvalue weighted by atomic mass is 16.2. The molecule has 0 aliphatic carbocycles. The van der Waals surface area contributed by atoms with Gasteiger partial charge in [0.15, 0.2) is 0 Å². The lowest BCUT2D eigenvalue weighted by molar-refractivity contribution is 0.101. The fraction of sp³-hybridized carbons (Fsp3) is 0.231. The van der Waals surface area contributed by atoms with Gasteiger partial charge in [-0.2, -0.15) is 5.10 Å². The third-order valence-electron chi connectivity index (χ3n) is 2.64. The van der Waals surface area contributed by atoms with Crippen molar-refractivity contribution < 1.29 is 4.79 Å². The first-order valence-electron chi connectivity index (χ1n) is 5.93. The van der Waals surface area contributed by atoms with E-state index in [1.54, 1.807) is 19.2 Å². The van der Waals surface area contributed by atoms with Crippen LogP contribution in [0.5, 0.6) is 0 Å². The van der Waals surface area contributed by atoms with Crippen LogP contribution in [0.4, 0.5) is 5.82 Å². The number of hydrogen-bond donors (Lipinski definition) is 1. The molecule has 1 N–H and O–H groups in total. The Labute approximate surface area is 110 Å². The van der Waals surface area contributed by atoms with Crippen molar-refractivity contribution >= 4 is 11.7 Å². The summed E-state index contributed by atoms with van der Waals surface area (Å²) in [5.74, 6) is 0.104. The number of aromatic nitrogens is 3. The maximum absolute atomic E-state index is 12.0. The highest BCUT2D eigenvalue weighted by Gasteiger charge is 2.11. The van der Waals surface area contributed by atoms with Crippen molar-refractivity contribution in [3.63, 3.8) is 0 Å². The van der Waals surface area contributed by atoms with Crippen LogP contribution in [0.15, 0.2) is 35.3 Å². The van der Waals surface area contributed by atoms with Gasteiger partial charge in [0.1, 0.15) is 11.5 Å². The van der Waals surface area contributed by atoms with Gasteiger partial charge in [-0.05, 0) is 31.5 Å². The zero-order chi connectivity index (χ0) is 13.8. The largest absolute Gasteiger partial charge is 0.305 e. The molecular formula is C13H14N4O2. The van der Waals surface area contributed by atoms with Crippen LogP contribution < -0.4 is 10.9 Å². The minimum absolute atomic E-state index is 0.187. The molecule has 19 heavy (non-hydrogen) atoms. The van der Waals surface area contributed by atoms with Crippen LogP contribution >= 0.6 is 0 Å². The van der Waals surface area contributed by atoms with E-state index < -0.39 is 0 Å². The van der Waals surface area contributed by atoms with Gasteiger partial charge >= 0.3 is 0 Å². The Bertz CT molecular complexity index is 664. The molecule has 0 fully saturated rings. The smallest absolute Gasteiger partial charge is 0.277 e. The van der Waals surface area contributed by atoms with E-state index in [1.807, 2.05) is 13.0 Å². The normalized spacial score (nSPS) is 10.2. The molecule has 2 heterocycles. The predicted molar refractivity (Wildman–Crippen MR) is 71.1 cm³/mol. The van der Waals surface area contributed by atoms with Crippen LogP contribution in [0, 0.1) is 6.92 Å². The second-order valence-electron chi connectivity index (χ2n) is 4.00. The summed E-state index contributed by atoms with van der Waals surface area (Å²) in [7, 11) is 0. The minimum Gasteiger partial charge on any atom is -0.305 e. The lowest BCUT2D eigenvalue weighted by Gasteiger charge is -2.07.